The second kappa shape index (κ2) is 7.03. The third-order valence-corrected chi connectivity index (χ3v) is 3.96. The van der Waals surface area contributed by atoms with Crippen molar-refractivity contribution in [1.29, 1.82) is 0 Å². The molecule has 0 spiro atoms. The SMILES string of the molecule is O=C(c1ccccc1)[C@@H](c1ccccc1)[C@@H](O)c1ccccc1. The van der Waals surface area contributed by atoms with Gasteiger partial charge in [0.1, 0.15) is 0 Å². The molecule has 0 aliphatic heterocycles. The van der Waals surface area contributed by atoms with Crippen molar-refractivity contribution in [2.45, 2.75) is 12.0 Å². The molecule has 0 amide bonds. The van der Waals surface area contributed by atoms with Crippen molar-refractivity contribution in [3.05, 3.63) is 108 Å². The Morgan fingerprint density at radius 2 is 1.09 bits per heavy atom. The van der Waals surface area contributed by atoms with Gasteiger partial charge in [-0.1, -0.05) is 91.0 Å². The number of carbonyl (C=O) groups excluding carboxylic acids is 1. The van der Waals surface area contributed by atoms with Gasteiger partial charge in [-0.05, 0) is 11.1 Å². The molecule has 3 aromatic carbocycles. The van der Waals surface area contributed by atoms with Crippen LogP contribution in [0.2, 0.25) is 0 Å². The summed E-state index contributed by atoms with van der Waals surface area (Å²) < 4.78 is 0. The highest BCUT2D eigenvalue weighted by atomic mass is 16.3. The van der Waals surface area contributed by atoms with Crippen molar-refractivity contribution in [1.82, 2.24) is 0 Å². The van der Waals surface area contributed by atoms with E-state index in [0.717, 1.165) is 11.1 Å². The van der Waals surface area contributed by atoms with Crippen LogP contribution in [0.3, 0.4) is 0 Å². The fraction of sp³-hybridized carbons (Fsp3) is 0.0952. The number of hydrogen-bond donors (Lipinski definition) is 1. The lowest BCUT2D eigenvalue weighted by Crippen LogP contribution is -2.20. The Bertz CT molecular complexity index is 752. The van der Waals surface area contributed by atoms with Crippen LogP contribution in [0.1, 0.15) is 33.5 Å². The first kappa shape index (κ1) is 15.2. The van der Waals surface area contributed by atoms with Crippen molar-refractivity contribution < 1.29 is 9.90 Å². The molecule has 3 rings (SSSR count). The third kappa shape index (κ3) is 3.38. The van der Waals surface area contributed by atoms with Gasteiger partial charge < -0.3 is 5.11 Å². The Hall–Kier alpha value is -2.71. The van der Waals surface area contributed by atoms with Gasteiger partial charge in [0.25, 0.3) is 0 Å². The minimum atomic E-state index is -0.883. The van der Waals surface area contributed by atoms with Gasteiger partial charge in [-0.2, -0.15) is 0 Å². The molecule has 1 N–H and O–H groups in total. The molecule has 2 atom stereocenters. The summed E-state index contributed by atoms with van der Waals surface area (Å²) in [6.45, 7) is 0. The third-order valence-electron chi connectivity index (χ3n) is 3.96. The molecular weight excluding hydrogens is 284 g/mol. The Morgan fingerprint density at radius 3 is 1.61 bits per heavy atom. The molecule has 0 bridgehead atoms. The molecule has 0 unspecified atom stereocenters. The summed E-state index contributed by atoms with van der Waals surface area (Å²) >= 11 is 0. The molecule has 0 aliphatic carbocycles. The van der Waals surface area contributed by atoms with Crippen molar-refractivity contribution in [2.75, 3.05) is 0 Å². The molecule has 0 fully saturated rings. The van der Waals surface area contributed by atoms with Crippen LogP contribution in [-0.2, 0) is 0 Å². The van der Waals surface area contributed by atoms with Gasteiger partial charge in [0.2, 0.25) is 0 Å². The highest BCUT2D eigenvalue weighted by Crippen LogP contribution is 2.33. The van der Waals surface area contributed by atoms with Gasteiger partial charge in [-0.3, -0.25) is 4.79 Å². The normalized spacial score (nSPS) is 13.3. The van der Waals surface area contributed by atoms with E-state index < -0.39 is 12.0 Å². The molecule has 0 radical (unpaired) electrons. The van der Waals surface area contributed by atoms with E-state index >= 15 is 0 Å². The van der Waals surface area contributed by atoms with Crippen LogP contribution >= 0.6 is 0 Å². The molecule has 2 nitrogen and oxygen atoms in total. The molecular formula is C21H18O2. The molecule has 114 valence electrons. The highest BCUT2D eigenvalue weighted by molar-refractivity contribution is 6.01. The fourth-order valence-electron chi connectivity index (χ4n) is 2.76. The van der Waals surface area contributed by atoms with Crippen LogP contribution in [0.4, 0.5) is 0 Å². The zero-order valence-electron chi connectivity index (χ0n) is 12.7. The number of aliphatic hydroxyl groups is 1. The first-order chi connectivity index (χ1) is 11.3. The Labute approximate surface area is 136 Å². The smallest absolute Gasteiger partial charge is 0.173 e. The van der Waals surface area contributed by atoms with E-state index in [9.17, 15) is 9.90 Å². The number of hydrogen-bond acceptors (Lipinski definition) is 2. The number of rotatable bonds is 5. The fourth-order valence-corrected chi connectivity index (χ4v) is 2.76. The van der Waals surface area contributed by atoms with E-state index in [1.165, 1.54) is 0 Å². The summed E-state index contributed by atoms with van der Waals surface area (Å²) in [6.07, 6.45) is -0.883. The van der Waals surface area contributed by atoms with Crippen LogP contribution < -0.4 is 0 Å². The van der Waals surface area contributed by atoms with Gasteiger partial charge >= 0.3 is 0 Å². The maximum absolute atomic E-state index is 13.0. The second-order valence-corrected chi connectivity index (χ2v) is 5.47. The van der Waals surface area contributed by atoms with E-state index in [0.29, 0.717) is 5.56 Å². The number of carbonyl (C=O) groups is 1. The predicted molar refractivity (Wildman–Crippen MR) is 91.4 cm³/mol. The molecule has 23 heavy (non-hydrogen) atoms. The Morgan fingerprint density at radius 1 is 0.652 bits per heavy atom. The minimum absolute atomic E-state index is 0.0758. The summed E-state index contributed by atoms with van der Waals surface area (Å²) in [5.41, 5.74) is 2.17. The summed E-state index contributed by atoms with van der Waals surface area (Å²) in [4.78, 5) is 13.0. The first-order valence-corrected chi connectivity index (χ1v) is 7.64. The van der Waals surface area contributed by atoms with E-state index in [1.807, 2.05) is 78.9 Å². The summed E-state index contributed by atoms with van der Waals surface area (Å²) in [5.74, 6) is -0.700. The van der Waals surface area contributed by atoms with Gasteiger partial charge in [0.15, 0.2) is 5.78 Å². The van der Waals surface area contributed by atoms with Gasteiger partial charge in [-0.15, -0.1) is 0 Å². The summed E-state index contributed by atoms with van der Waals surface area (Å²) in [6, 6.07) is 27.9. The predicted octanol–water partition coefficient (Wildman–Crippen LogP) is 4.39. The first-order valence-electron chi connectivity index (χ1n) is 7.64. The van der Waals surface area contributed by atoms with Crippen LogP contribution in [-0.4, -0.2) is 10.9 Å². The van der Waals surface area contributed by atoms with E-state index in [-0.39, 0.29) is 5.78 Å². The summed E-state index contributed by atoms with van der Waals surface area (Å²) in [7, 11) is 0. The average molecular weight is 302 g/mol. The molecule has 0 aliphatic rings. The number of benzene rings is 3. The van der Waals surface area contributed by atoms with Gasteiger partial charge in [0, 0.05) is 5.56 Å². The lowest BCUT2D eigenvalue weighted by molar-refractivity contribution is 0.0810. The van der Waals surface area contributed by atoms with Crippen LogP contribution in [0.25, 0.3) is 0 Å². The molecule has 0 aromatic heterocycles. The largest absolute Gasteiger partial charge is 0.387 e. The van der Waals surface area contributed by atoms with Gasteiger partial charge in [0.05, 0.1) is 12.0 Å². The van der Waals surface area contributed by atoms with Crippen LogP contribution in [0, 0.1) is 0 Å². The monoisotopic (exact) mass is 302 g/mol. The molecule has 3 aromatic rings. The molecule has 0 saturated heterocycles. The quantitative estimate of drug-likeness (QED) is 0.710. The lowest BCUT2D eigenvalue weighted by atomic mass is 9.83. The topological polar surface area (TPSA) is 37.3 Å². The average Bonchev–Trinajstić information content (AvgIpc) is 2.64. The molecule has 0 saturated carbocycles. The number of ketones is 1. The zero-order valence-corrected chi connectivity index (χ0v) is 12.7. The van der Waals surface area contributed by atoms with Crippen LogP contribution in [0.15, 0.2) is 91.0 Å². The van der Waals surface area contributed by atoms with E-state index in [4.69, 9.17) is 0 Å². The van der Waals surface area contributed by atoms with E-state index in [1.54, 1.807) is 12.1 Å². The van der Waals surface area contributed by atoms with Crippen molar-refractivity contribution in [3.63, 3.8) is 0 Å². The van der Waals surface area contributed by atoms with E-state index in [2.05, 4.69) is 0 Å². The summed E-state index contributed by atoms with van der Waals surface area (Å²) in [5, 5.41) is 10.8. The lowest BCUT2D eigenvalue weighted by Gasteiger charge is -2.23. The molecule has 2 heteroatoms. The van der Waals surface area contributed by atoms with Crippen molar-refractivity contribution in [2.24, 2.45) is 0 Å². The Balaban J connectivity index is 2.03. The van der Waals surface area contributed by atoms with Crippen molar-refractivity contribution >= 4 is 5.78 Å². The maximum Gasteiger partial charge on any atom is 0.173 e. The number of aliphatic hydroxyl groups excluding tert-OH is 1. The zero-order chi connectivity index (χ0) is 16.1. The minimum Gasteiger partial charge on any atom is -0.387 e. The highest BCUT2D eigenvalue weighted by Gasteiger charge is 2.30. The molecule has 0 heterocycles. The van der Waals surface area contributed by atoms with Gasteiger partial charge in [-0.25, -0.2) is 0 Å². The number of Topliss-reactive ketones (excluding diaryl/α,β-unsaturated/α-hetero) is 1. The van der Waals surface area contributed by atoms with Crippen molar-refractivity contribution in [3.8, 4) is 0 Å². The second-order valence-electron chi connectivity index (χ2n) is 5.47. The maximum atomic E-state index is 13.0. The standard InChI is InChI=1S/C21H18O2/c22-20(17-12-6-2-7-13-17)19(16-10-4-1-5-11-16)21(23)18-14-8-3-9-15-18/h1-15,19-20,22H/t19-,20-/m0/s1. The Kier molecular flexibility index (Phi) is 4.65. The van der Waals surface area contributed by atoms with Crippen LogP contribution in [0.5, 0.6) is 0 Å².